The van der Waals surface area contributed by atoms with Crippen LogP contribution in [0.4, 0.5) is 0 Å². The fourth-order valence-electron chi connectivity index (χ4n) is 2.65. The monoisotopic (exact) mass is 353 g/mol. The van der Waals surface area contributed by atoms with Crippen molar-refractivity contribution in [1.82, 2.24) is 0 Å². The van der Waals surface area contributed by atoms with Crippen molar-refractivity contribution in [1.29, 1.82) is 0 Å². The molecule has 0 bridgehead atoms. The Kier molecular flexibility index (Phi) is 4.35. The van der Waals surface area contributed by atoms with Gasteiger partial charge in [-0.25, -0.2) is 0 Å². The summed E-state index contributed by atoms with van der Waals surface area (Å²) in [6.07, 6.45) is 7.63. The van der Waals surface area contributed by atoms with Gasteiger partial charge in [0.05, 0.1) is 0 Å². The van der Waals surface area contributed by atoms with E-state index in [1.54, 1.807) is 0 Å². The Balaban J connectivity index is 0.00000180. The van der Waals surface area contributed by atoms with Crippen molar-refractivity contribution >= 4 is 24.8 Å². The van der Waals surface area contributed by atoms with Crippen molar-refractivity contribution in [2.24, 2.45) is 0 Å². The van der Waals surface area contributed by atoms with E-state index in [4.69, 9.17) is 3.32 Å². The average molecular weight is 354 g/mol. The molecule has 1 nitrogen and oxygen atoms in total. The first-order chi connectivity index (χ1) is 7.92. The van der Waals surface area contributed by atoms with E-state index in [1.807, 2.05) is 18.2 Å². The number of rotatable bonds is 3. The van der Waals surface area contributed by atoms with Crippen molar-refractivity contribution in [3.05, 3.63) is 52.4 Å². The molecule has 0 heterocycles. The summed E-state index contributed by atoms with van der Waals surface area (Å²) >= 11 is -4.10. The molecule has 0 saturated carbocycles. The van der Waals surface area contributed by atoms with Gasteiger partial charge in [-0.05, 0) is 0 Å². The SMILES string of the molecule is Cl.Cl.[CH3][Ti]([CH3])([CH3])([CH3])([CH3])([O]c1ccccc1)[C]1=CC=CC1. The van der Waals surface area contributed by atoms with Crippen LogP contribution in [0, 0.1) is 0 Å². The molecule has 0 unspecified atom stereocenters. The third-order valence-electron chi connectivity index (χ3n) is 3.93. The molecule has 0 radical (unpaired) electrons. The van der Waals surface area contributed by atoms with Gasteiger partial charge in [-0.2, -0.15) is 0 Å². The number of benzene rings is 1. The van der Waals surface area contributed by atoms with Crippen molar-refractivity contribution in [2.75, 3.05) is 0 Å². The Bertz CT molecular complexity index is 558. The van der Waals surface area contributed by atoms with Gasteiger partial charge in [0.25, 0.3) is 0 Å². The molecule has 0 aliphatic heterocycles. The van der Waals surface area contributed by atoms with Crippen molar-refractivity contribution in [3.63, 3.8) is 0 Å². The summed E-state index contributed by atoms with van der Waals surface area (Å²) in [6, 6.07) is 10.2. The van der Waals surface area contributed by atoms with Gasteiger partial charge in [-0.15, -0.1) is 24.8 Å². The molecule has 115 valence electrons. The van der Waals surface area contributed by atoms with Gasteiger partial charge in [0.15, 0.2) is 0 Å². The van der Waals surface area contributed by atoms with E-state index in [-0.39, 0.29) is 24.8 Å². The minimum atomic E-state index is -4.10. The number of hydrogen-bond acceptors (Lipinski definition) is 1. The van der Waals surface area contributed by atoms with Gasteiger partial charge in [-0.1, -0.05) is 0 Å². The van der Waals surface area contributed by atoms with Crippen LogP contribution in [0.15, 0.2) is 52.4 Å². The standard InChI is InChI=1S/C6H6O.C5H5.5CH3.2ClH.Ti/c7-6-4-2-1-3-5-6;1-2-4-5-3-1;;;;;;;;/h1-5,7H;1-3H,4H2;5*1H3;2*1H;/q;;;;;;;;;+1/p-1. The van der Waals surface area contributed by atoms with Gasteiger partial charge >= 0.3 is 107 Å². The third kappa shape index (κ3) is 4.15. The van der Waals surface area contributed by atoms with Crippen molar-refractivity contribution in [2.45, 2.75) is 32.6 Å². The van der Waals surface area contributed by atoms with Crippen LogP contribution in [0.1, 0.15) is 6.42 Å². The fourth-order valence-corrected chi connectivity index (χ4v) is 8.56. The second-order valence-electron chi connectivity index (χ2n) is 10.1. The predicted octanol–water partition coefficient (Wildman–Crippen LogP) is 6.67. The molecule has 2 rings (SSSR count). The van der Waals surface area contributed by atoms with Crippen LogP contribution in [0.25, 0.3) is 0 Å². The Hall–Kier alpha value is -0.206. The second kappa shape index (κ2) is 4.40. The first kappa shape index (κ1) is 19.8. The zero-order valence-electron chi connectivity index (χ0n) is 13.1. The molecule has 0 saturated heterocycles. The molecule has 20 heavy (non-hydrogen) atoms. The molecule has 1 aromatic rings. The second-order valence-corrected chi connectivity index (χ2v) is 34.5. The minimum absolute atomic E-state index is 0. The molecule has 0 spiro atoms. The fraction of sp³-hybridized carbons (Fsp3) is 0.375. The summed E-state index contributed by atoms with van der Waals surface area (Å²) in [4.78, 5) is 0. The summed E-state index contributed by atoms with van der Waals surface area (Å²) in [5, 5.41) is 11.8. The molecule has 4 heteroatoms. The molecule has 1 aromatic carbocycles. The van der Waals surface area contributed by atoms with E-state index in [9.17, 15) is 0 Å². The molecular formula is C16H27Cl2OTi. The number of halogens is 2. The van der Waals surface area contributed by atoms with Gasteiger partial charge in [-0.3, -0.25) is 0 Å². The molecule has 0 N–H and O–H groups in total. The molecule has 1 aliphatic rings. The molecule has 0 aromatic heterocycles. The molecule has 0 amide bonds. The van der Waals surface area contributed by atoms with E-state index in [0.29, 0.717) is 0 Å². The van der Waals surface area contributed by atoms with Crippen LogP contribution in [0.5, 0.6) is 5.75 Å². The topological polar surface area (TPSA) is 9.23 Å². The van der Waals surface area contributed by atoms with Crippen molar-refractivity contribution in [3.8, 4) is 5.75 Å². The van der Waals surface area contributed by atoms with E-state index in [2.05, 4.69) is 56.5 Å². The van der Waals surface area contributed by atoms with Gasteiger partial charge < -0.3 is 0 Å². The first-order valence-corrected chi connectivity index (χ1v) is 16.0. The van der Waals surface area contributed by atoms with Gasteiger partial charge in [0.2, 0.25) is 0 Å². The molecule has 1 aliphatic carbocycles. The third-order valence-corrected chi connectivity index (χ3v) is 12.1. The average Bonchev–Trinajstić information content (AvgIpc) is 2.69. The van der Waals surface area contributed by atoms with Crippen LogP contribution >= 0.6 is 24.8 Å². The number of para-hydroxylation sites is 1. The number of hydrogen-bond donors (Lipinski definition) is 0. The normalized spacial score (nSPS) is 19.2. The van der Waals surface area contributed by atoms with E-state index < -0.39 is 13.1 Å². The molecular weight excluding hydrogens is 327 g/mol. The number of allylic oxidation sites excluding steroid dienone is 4. The zero-order valence-corrected chi connectivity index (χ0v) is 16.2. The van der Waals surface area contributed by atoms with Crippen LogP contribution in [0.2, 0.25) is 26.1 Å². The first-order valence-electron chi connectivity index (χ1n) is 6.79. The summed E-state index contributed by atoms with van der Waals surface area (Å²) in [6.45, 7) is 0. The maximum absolute atomic E-state index is 6.72. The Labute approximate surface area is 131 Å². The Morgan fingerprint density at radius 3 is 1.90 bits per heavy atom. The predicted molar refractivity (Wildman–Crippen MR) is 92.7 cm³/mol. The maximum atomic E-state index is 6.72. The van der Waals surface area contributed by atoms with E-state index >= 15 is 0 Å². The van der Waals surface area contributed by atoms with Crippen LogP contribution in [-0.2, 0) is 13.1 Å². The zero-order chi connectivity index (χ0) is 13.6. The van der Waals surface area contributed by atoms with Crippen LogP contribution in [-0.4, -0.2) is 0 Å². The molecule has 0 fully saturated rings. The van der Waals surface area contributed by atoms with E-state index in [1.165, 1.54) is 3.88 Å². The van der Waals surface area contributed by atoms with Crippen molar-refractivity contribution < 1.29 is 16.4 Å². The quantitative estimate of drug-likeness (QED) is 0.551. The van der Waals surface area contributed by atoms with Crippen LogP contribution < -0.4 is 3.32 Å². The summed E-state index contributed by atoms with van der Waals surface area (Å²) < 4.78 is 8.17. The van der Waals surface area contributed by atoms with E-state index in [0.717, 1.165) is 12.2 Å². The Morgan fingerprint density at radius 1 is 0.900 bits per heavy atom. The summed E-state index contributed by atoms with van der Waals surface area (Å²) in [5.74, 6) is 0.971. The summed E-state index contributed by atoms with van der Waals surface area (Å²) in [5.41, 5.74) is 0. The molecule has 0 atom stereocenters. The summed E-state index contributed by atoms with van der Waals surface area (Å²) in [7, 11) is 0. The van der Waals surface area contributed by atoms with Gasteiger partial charge in [0.1, 0.15) is 0 Å². The Morgan fingerprint density at radius 2 is 1.45 bits per heavy atom. The van der Waals surface area contributed by atoms with Crippen LogP contribution in [0.3, 0.4) is 0 Å². The van der Waals surface area contributed by atoms with Gasteiger partial charge in [0, 0.05) is 0 Å².